The summed E-state index contributed by atoms with van der Waals surface area (Å²) in [6, 6.07) is 6.76. The van der Waals surface area contributed by atoms with Crippen LogP contribution in [0.3, 0.4) is 0 Å². The maximum absolute atomic E-state index is 12.0. The number of cyclic esters (lactones) is 1. The number of halogens is 2. The third-order valence-electron chi connectivity index (χ3n) is 3.24. The predicted octanol–water partition coefficient (Wildman–Crippen LogP) is 3.70. The molecule has 1 aliphatic heterocycles. The zero-order valence-corrected chi connectivity index (χ0v) is 16.5. The van der Waals surface area contributed by atoms with Crippen LogP contribution in [0.15, 0.2) is 54.6 Å². The standard InChI is InChI=1S/C17H11Br2NO6/c1-23-14(21)8-25-15-10(18)5-9(6-11(15)19)7-12-17(22)26-16(20-12)13-3-2-4-24-13/h2-7H,8H2,1H3/b12-7-. The maximum Gasteiger partial charge on any atom is 0.363 e. The molecule has 0 saturated heterocycles. The van der Waals surface area contributed by atoms with Gasteiger partial charge in [-0.15, -0.1) is 0 Å². The Bertz CT molecular complexity index is 894. The second-order valence-electron chi connectivity index (χ2n) is 4.99. The number of nitrogens with zero attached hydrogens (tertiary/aromatic N) is 1. The second kappa shape index (κ2) is 7.88. The molecule has 0 saturated carbocycles. The zero-order chi connectivity index (χ0) is 18.7. The first-order valence-corrected chi connectivity index (χ1v) is 8.81. The fraction of sp³-hybridized carbons (Fsp3) is 0.118. The number of hydrogen-bond acceptors (Lipinski definition) is 7. The average molecular weight is 485 g/mol. The van der Waals surface area contributed by atoms with Crippen LogP contribution in [0, 0.1) is 0 Å². The summed E-state index contributed by atoms with van der Waals surface area (Å²) in [6.07, 6.45) is 3.03. The number of rotatable bonds is 5. The maximum atomic E-state index is 12.0. The molecular weight excluding hydrogens is 474 g/mol. The zero-order valence-electron chi connectivity index (χ0n) is 13.3. The lowest BCUT2D eigenvalue weighted by Crippen LogP contribution is -2.13. The molecule has 7 nitrogen and oxygen atoms in total. The van der Waals surface area contributed by atoms with Gasteiger partial charge in [-0.1, -0.05) is 0 Å². The lowest BCUT2D eigenvalue weighted by atomic mass is 10.2. The van der Waals surface area contributed by atoms with Crippen LogP contribution in [0.5, 0.6) is 5.75 Å². The molecule has 0 unspecified atom stereocenters. The first kappa shape index (κ1) is 18.4. The van der Waals surface area contributed by atoms with Gasteiger partial charge >= 0.3 is 11.9 Å². The number of aliphatic imine (C=N–C) groups is 1. The minimum absolute atomic E-state index is 0.113. The van der Waals surface area contributed by atoms with E-state index in [1.165, 1.54) is 13.4 Å². The van der Waals surface area contributed by atoms with E-state index >= 15 is 0 Å². The van der Waals surface area contributed by atoms with Gasteiger partial charge < -0.3 is 18.6 Å². The monoisotopic (exact) mass is 483 g/mol. The van der Waals surface area contributed by atoms with Gasteiger partial charge in [-0.3, -0.25) is 0 Å². The van der Waals surface area contributed by atoms with Crippen molar-refractivity contribution in [2.75, 3.05) is 13.7 Å². The van der Waals surface area contributed by atoms with Crippen LogP contribution in [0.4, 0.5) is 0 Å². The van der Waals surface area contributed by atoms with Crippen LogP contribution in [-0.4, -0.2) is 31.6 Å². The van der Waals surface area contributed by atoms with E-state index < -0.39 is 11.9 Å². The minimum Gasteiger partial charge on any atom is -0.480 e. The summed E-state index contributed by atoms with van der Waals surface area (Å²) in [5, 5.41) is 0. The van der Waals surface area contributed by atoms with E-state index in [4.69, 9.17) is 13.9 Å². The van der Waals surface area contributed by atoms with Crippen molar-refractivity contribution in [1.29, 1.82) is 0 Å². The van der Waals surface area contributed by atoms with Crippen molar-refractivity contribution >= 4 is 55.8 Å². The van der Waals surface area contributed by atoms with Crippen molar-refractivity contribution in [2.45, 2.75) is 0 Å². The van der Waals surface area contributed by atoms with Crippen LogP contribution in [-0.2, 0) is 19.1 Å². The molecular formula is C17H11Br2NO6. The van der Waals surface area contributed by atoms with Gasteiger partial charge in [0.15, 0.2) is 18.1 Å². The number of ether oxygens (including phenoxy) is 3. The van der Waals surface area contributed by atoms with E-state index in [2.05, 4.69) is 41.6 Å². The van der Waals surface area contributed by atoms with Crippen molar-refractivity contribution < 1.29 is 28.2 Å². The molecule has 1 aromatic heterocycles. The van der Waals surface area contributed by atoms with Crippen molar-refractivity contribution in [3.63, 3.8) is 0 Å². The van der Waals surface area contributed by atoms with E-state index in [0.717, 1.165) is 0 Å². The second-order valence-corrected chi connectivity index (χ2v) is 6.70. The number of furan rings is 1. The van der Waals surface area contributed by atoms with Crippen LogP contribution in [0.2, 0.25) is 0 Å². The van der Waals surface area contributed by atoms with Gasteiger partial charge in [0.2, 0.25) is 0 Å². The normalized spacial score (nSPS) is 15.0. The molecule has 0 bridgehead atoms. The molecule has 0 N–H and O–H groups in total. The number of carbonyl (C=O) groups is 2. The molecule has 0 amide bonds. The molecule has 0 fully saturated rings. The number of carbonyl (C=O) groups excluding carboxylic acids is 2. The topological polar surface area (TPSA) is 87.3 Å². The Labute approximate surface area is 164 Å². The summed E-state index contributed by atoms with van der Waals surface area (Å²) in [7, 11) is 1.28. The predicted molar refractivity (Wildman–Crippen MR) is 98.7 cm³/mol. The number of methoxy groups -OCH3 is 1. The Kier molecular flexibility index (Phi) is 5.58. The molecule has 2 heterocycles. The molecule has 0 aliphatic carbocycles. The average Bonchev–Trinajstić information content (AvgIpc) is 3.24. The first-order chi connectivity index (χ1) is 12.5. The van der Waals surface area contributed by atoms with E-state index in [9.17, 15) is 9.59 Å². The Balaban J connectivity index is 1.85. The molecule has 134 valence electrons. The Morgan fingerprint density at radius 3 is 2.65 bits per heavy atom. The van der Waals surface area contributed by atoms with Gasteiger partial charge in [0.1, 0.15) is 5.75 Å². The minimum atomic E-state index is -0.574. The van der Waals surface area contributed by atoms with E-state index in [1.54, 1.807) is 30.3 Å². The quantitative estimate of drug-likeness (QED) is 0.475. The Morgan fingerprint density at radius 1 is 1.31 bits per heavy atom. The van der Waals surface area contributed by atoms with Crippen molar-refractivity contribution in [2.24, 2.45) is 4.99 Å². The summed E-state index contributed by atoms with van der Waals surface area (Å²) in [5.41, 5.74) is 0.809. The van der Waals surface area contributed by atoms with Gasteiger partial charge in [-0.2, -0.15) is 0 Å². The number of esters is 2. The summed E-state index contributed by atoms with van der Waals surface area (Å²) in [6.45, 7) is -0.225. The number of hydrogen-bond donors (Lipinski definition) is 0. The summed E-state index contributed by atoms with van der Waals surface area (Å²) < 4.78 is 21.4. The van der Waals surface area contributed by atoms with Crippen molar-refractivity contribution in [1.82, 2.24) is 0 Å². The summed E-state index contributed by atoms with van der Waals surface area (Å²) >= 11 is 6.75. The first-order valence-electron chi connectivity index (χ1n) is 7.23. The smallest absolute Gasteiger partial charge is 0.363 e. The molecule has 0 spiro atoms. The summed E-state index contributed by atoms with van der Waals surface area (Å²) in [5.74, 6) is -0.150. The SMILES string of the molecule is COC(=O)COc1c(Br)cc(/C=C2\N=C(c3ccco3)OC2=O)cc1Br. The molecule has 9 heteroatoms. The fourth-order valence-electron chi connectivity index (χ4n) is 2.06. The lowest BCUT2D eigenvalue weighted by molar-refractivity contribution is -0.143. The highest BCUT2D eigenvalue weighted by Gasteiger charge is 2.26. The van der Waals surface area contributed by atoms with Gasteiger partial charge in [-0.05, 0) is 67.8 Å². The molecule has 26 heavy (non-hydrogen) atoms. The van der Waals surface area contributed by atoms with Crippen LogP contribution >= 0.6 is 31.9 Å². The van der Waals surface area contributed by atoms with Gasteiger partial charge in [0.05, 0.1) is 22.3 Å². The highest BCUT2D eigenvalue weighted by molar-refractivity contribution is 9.11. The van der Waals surface area contributed by atoms with Crippen LogP contribution < -0.4 is 4.74 Å². The molecule has 3 rings (SSSR count). The van der Waals surface area contributed by atoms with Gasteiger partial charge in [-0.25, -0.2) is 14.6 Å². The van der Waals surface area contributed by atoms with E-state index in [1.807, 2.05) is 0 Å². The molecule has 0 atom stereocenters. The van der Waals surface area contributed by atoms with Crippen LogP contribution in [0.25, 0.3) is 6.08 Å². The van der Waals surface area contributed by atoms with Crippen LogP contribution in [0.1, 0.15) is 11.3 Å². The van der Waals surface area contributed by atoms with E-state index in [-0.39, 0.29) is 18.2 Å². The Hall–Kier alpha value is -2.39. The van der Waals surface area contributed by atoms with Gasteiger partial charge in [0.25, 0.3) is 5.90 Å². The third kappa shape index (κ3) is 4.05. The van der Waals surface area contributed by atoms with Crippen molar-refractivity contribution in [3.8, 4) is 5.75 Å². The number of benzene rings is 1. The molecule has 2 aromatic rings. The molecule has 0 radical (unpaired) electrons. The molecule has 1 aliphatic rings. The Morgan fingerprint density at radius 2 is 2.04 bits per heavy atom. The fourth-order valence-corrected chi connectivity index (χ4v) is 3.51. The summed E-state index contributed by atoms with van der Waals surface area (Å²) in [4.78, 5) is 27.3. The largest absolute Gasteiger partial charge is 0.480 e. The van der Waals surface area contributed by atoms with E-state index in [0.29, 0.717) is 26.0 Å². The highest BCUT2D eigenvalue weighted by Crippen LogP contribution is 2.35. The van der Waals surface area contributed by atoms with Crippen molar-refractivity contribution in [3.05, 3.63) is 56.5 Å². The van der Waals surface area contributed by atoms with Gasteiger partial charge in [0, 0.05) is 0 Å². The highest BCUT2D eigenvalue weighted by atomic mass is 79.9. The molecule has 1 aromatic carbocycles. The third-order valence-corrected chi connectivity index (χ3v) is 4.42. The lowest BCUT2D eigenvalue weighted by Gasteiger charge is -2.10.